The van der Waals surface area contributed by atoms with Crippen molar-refractivity contribution in [3.05, 3.63) is 82.4 Å². The number of amides is 2. The molecule has 2 amide bonds. The van der Waals surface area contributed by atoms with Crippen LogP contribution in [0.15, 0.2) is 65.8 Å². The Morgan fingerprint density at radius 2 is 1.57 bits per heavy atom. The lowest BCUT2D eigenvalue weighted by atomic mass is 10.2. The van der Waals surface area contributed by atoms with Crippen molar-refractivity contribution in [2.24, 2.45) is 5.10 Å². The van der Waals surface area contributed by atoms with E-state index in [-0.39, 0.29) is 22.7 Å². The highest BCUT2D eigenvalue weighted by molar-refractivity contribution is 6.33. The average molecular weight is 526 g/mol. The summed E-state index contributed by atoms with van der Waals surface area (Å²) < 4.78 is 21.2. The molecule has 10 nitrogen and oxygen atoms in total. The van der Waals surface area contributed by atoms with Gasteiger partial charge in [0, 0.05) is 0 Å². The van der Waals surface area contributed by atoms with Gasteiger partial charge in [-0.2, -0.15) is 5.10 Å². The molecule has 0 spiro atoms. The van der Waals surface area contributed by atoms with Gasteiger partial charge in [0.05, 0.1) is 50.2 Å². The molecule has 0 atom stereocenters. The van der Waals surface area contributed by atoms with Gasteiger partial charge < -0.3 is 24.3 Å². The zero-order chi connectivity index (χ0) is 26.8. The lowest BCUT2D eigenvalue weighted by Gasteiger charge is -2.13. The maximum absolute atomic E-state index is 12.6. The van der Waals surface area contributed by atoms with E-state index in [4.69, 9.17) is 30.5 Å². The van der Waals surface area contributed by atoms with Crippen LogP contribution in [0.2, 0.25) is 5.02 Å². The molecule has 3 rings (SSSR count). The van der Waals surface area contributed by atoms with Crippen LogP contribution in [-0.4, -0.2) is 51.9 Å². The fraction of sp³-hybridized carbons (Fsp3) is 0.154. The van der Waals surface area contributed by atoms with E-state index in [1.807, 2.05) is 0 Å². The topological polar surface area (TPSA) is 125 Å². The number of hydrogen-bond donors (Lipinski definition) is 2. The smallest absolute Gasteiger partial charge is 0.343 e. The number of carbonyl (C=O) groups is 3. The van der Waals surface area contributed by atoms with E-state index < -0.39 is 17.8 Å². The normalized spacial score (nSPS) is 10.5. The van der Waals surface area contributed by atoms with Crippen molar-refractivity contribution in [3.63, 3.8) is 0 Å². The van der Waals surface area contributed by atoms with Crippen molar-refractivity contribution in [2.75, 3.05) is 27.9 Å². The lowest BCUT2D eigenvalue weighted by molar-refractivity contribution is -0.120. The average Bonchev–Trinajstić information content (AvgIpc) is 2.91. The summed E-state index contributed by atoms with van der Waals surface area (Å²) in [6.45, 7) is -0.281. The van der Waals surface area contributed by atoms with Crippen LogP contribution in [0.4, 0.5) is 0 Å². The number of hydrazone groups is 1. The monoisotopic (exact) mass is 525 g/mol. The van der Waals surface area contributed by atoms with E-state index in [1.165, 1.54) is 39.7 Å². The highest BCUT2D eigenvalue weighted by Gasteiger charge is 2.18. The van der Waals surface area contributed by atoms with Crippen LogP contribution in [0.25, 0.3) is 0 Å². The molecule has 0 bridgehead atoms. The van der Waals surface area contributed by atoms with Gasteiger partial charge in [-0.1, -0.05) is 23.7 Å². The highest BCUT2D eigenvalue weighted by atomic mass is 35.5. The second-order valence-electron chi connectivity index (χ2n) is 7.33. The quantitative estimate of drug-likeness (QED) is 0.180. The van der Waals surface area contributed by atoms with Gasteiger partial charge >= 0.3 is 5.97 Å². The molecule has 0 unspecified atom stereocenters. The second-order valence-corrected chi connectivity index (χ2v) is 7.74. The van der Waals surface area contributed by atoms with Crippen molar-refractivity contribution in [1.29, 1.82) is 0 Å². The Kier molecular flexibility index (Phi) is 9.45. The number of methoxy groups -OCH3 is 3. The van der Waals surface area contributed by atoms with Gasteiger partial charge in [0.2, 0.25) is 5.75 Å². The molecule has 2 N–H and O–H groups in total. The minimum Gasteiger partial charge on any atom is -0.493 e. The number of nitrogens with zero attached hydrogens (tertiary/aromatic N) is 1. The zero-order valence-corrected chi connectivity index (χ0v) is 21.0. The molecule has 0 aliphatic heterocycles. The molecular weight excluding hydrogens is 502 g/mol. The van der Waals surface area contributed by atoms with Crippen LogP contribution in [0, 0.1) is 0 Å². The summed E-state index contributed by atoms with van der Waals surface area (Å²) in [7, 11) is 4.37. The van der Waals surface area contributed by atoms with Gasteiger partial charge in [-0.05, 0) is 54.1 Å². The fourth-order valence-electron chi connectivity index (χ4n) is 3.11. The van der Waals surface area contributed by atoms with Gasteiger partial charge in [-0.15, -0.1) is 0 Å². The van der Waals surface area contributed by atoms with E-state index in [2.05, 4.69) is 15.8 Å². The lowest BCUT2D eigenvalue weighted by Crippen LogP contribution is -2.35. The number of ether oxygens (including phenoxy) is 4. The summed E-state index contributed by atoms with van der Waals surface area (Å²) in [6.07, 6.45) is 1.40. The number of hydrogen-bond acceptors (Lipinski definition) is 8. The number of esters is 1. The largest absolute Gasteiger partial charge is 0.493 e. The summed E-state index contributed by atoms with van der Waals surface area (Å²) in [5.74, 6) is -0.306. The number of nitrogens with one attached hydrogen (secondary N) is 2. The van der Waals surface area contributed by atoms with E-state index in [0.29, 0.717) is 28.6 Å². The summed E-state index contributed by atoms with van der Waals surface area (Å²) in [4.78, 5) is 36.6. The first kappa shape index (κ1) is 27.0. The third-order valence-corrected chi connectivity index (χ3v) is 5.25. The van der Waals surface area contributed by atoms with Crippen molar-refractivity contribution < 1.29 is 33.3 Å². The van der Waals surface area contributed by atoms with Crippen molar-refractivity contribution in [2.45, 2.75) is 0 Å². The third kappa shape index (κ3) is 7.21. The van der Waals surface area contributed by atoms with E-state index in [1.54, 1.807) is 48.5 Å². The Balaban J connectivity index is 1.53. The summed E-state index contributed by atoms with van der Waals surface area (Å²) in [5.41, 5.74) is 3.43. The van der Waals surface area contributed by atoms with Gasteiger partial charge in [0.25, 0.3) is 11.8 Å². The number of carbonyl (C=O) groups excluding carboxylic acids is 3. The Labute approximate surface area is 218 Å². The molecule has 3 aromatic rings. The molecule has 37 heavy (non-hydrogen) atoms. The van der Waals surface area contributed by atoms with E-state index in [9.17, 15) is 14.4 Å². The van der Waals surface area contributed by atoms with E-state index >= 15 is 0 Å². The molecular formula is C26H24ClN3O7. The van der Waals surface area contributed by atoms with Crippen LogP contribution in [0.1, 0.15) is 26.3 Å². The summed E-state index contributed by atoms with van der Waals surface area (Å²) in [5, 5.41) is 6.61. The maximum Gasteiger partial charge on any atom is 0.343 e. The first-order valence-corrected chi connectivity index (χ1v) is 11.2. The third-order valence-electron chi connectivity index (χ3n) is 4.92. The minimum absolute atomic E-state index is 0.212. The molecule has 0 aliphatic rings. The number of rotatable bonds is 10. The SMILES string of the molecule is COc1cc(C(=O)Oc2ccc(/C=N/NC(=O)CNC(=O)c3ccccc3Cl)cc2)cc(OC)c1OC. The Bertz CT molecular complexity index is 1280. The highest BCUT2D eigenvalue weighted by Crippen LogP contribution is 2.38. The predicted molar refractivity (Wildman–Crippen MR) is 137 cm³/mol. The Morgan fingerprint density at radius 3 is 2.16 bits per heavy atom. The second kappa shape index (κ2) is 12.9. The molecule has 0 radical (unpaired) electrons. The molecule has 0 heterocycles. The zero-order valence-electron chi connectivity index (χ0n) is 20.2. The number of benzene rings is 3. The van der Waals surface area contributed by atoms with Crippen LogP contribution in [-0.2, 0) is 4.79 Å². The molecule has 0 saturated carbocycles. The molecule has 192 valence electrons. The first-order chi connectivity index (χ1) is 17.9. The Morgan fingerprint density at radius 1 is 0.919 bits per heavy atom. The van der Waals surface area contributed by atoms with Crippen molar-refractivity contribution >= 4 is 35.6 Å². The molecule has 0 saturated heterocycles. The standard InChI is InChI=1S/C26H24ClN3O7/c1-34-21-12-17(13-22(35-2)24(21)36-3)26(33)37-18-10-8-16(9-11-18)14-29-30-23(31)15-28-25(32)19-6-4-5-7-20(19)27/h4-14H,15H2,1-3H3,(H,28,32)(H,30,31)/b29-14+. The molecule has 0 aliphatic carbocycles. The molecule has 3 aromatic carbocycles. The molecule has 0 fully saturated rings. The Hall–Kier alpha value is -4.57. The van der Waals surface area contributed by atoms with Gasteiger partial charge in [0.15, 0.2) is 11.5 Å². The van der Waals surface area contributed by atoms with Gasteiger partial charge in [-0.3, -0.25) is 9.59 Å². The van der Waals surface area contributed by atoms with Crippen LogP contribution >= 0.6 is 11.6 Å². The van der Waals surface area contributed by atoms with Crippen LogP contribution < -0.4 is 29.7 Å². The van der Waals surface area contributed by atoms with Crippen molar-refractivity contribution in [3.8, 4) is 23.0 Å². The summed E-state index contributed by atoms with van der Waals surface area (Å²) >= 11 is 5.96. The van der Waals surface area contributed by atoms with Crippen molar-refractivity contribution in [1.82, 2.24) is 10.7 Å². The number of halogens is 1. The molecule has 11 heteroatoms. The van der Waals surface area contributed by atoms with Crippen LogP contribution in [0.5, 0.6) is 23.0 Å². The minimum atomic E-state index is -0.619. The van der Waals surface area contributed by atoms with Gasteiger partial charge in [-0.25, -0.2) is 10.2 Å². The molecule has 0 aromatic heterocycles. The van der Waals surface area contributed by atoms with Crippen LogP contribution in [0.3, 0.4) is 0 Å². The fourth-order valence-corrected chi connectivity index (χ4v) is 3.33. The first-order valence-electron chi connectivity index (χ1n) is 10.8. The van der Waals surface area contributed by atoms with Gasteiger partial charge in [0.1, 0.15) is 5.75 Å². The van der Waals surface area contributed by atoms with E-state index in [0.717, 1.165) is 0 Å². The summed E-state index contributed by atoms with van der Waals surface area (Å²) in [6, 6.07) is 15.9. The maximum atomic E-state index is 12.6. The predicted octanol–water partition coefficient (Wildman–Crippen LogP) is 3.47.